The molecule has 30 heavy (non-hydrogen) atoms. The molecule has 0 amide bonds. The van der Waals surface area contributed by atoms with E-state index in [9.17, 15) is 5.26 Å². The van der Waals surface area contributed by atoms with E-state index in [0.717, 1.165) is 11.1 Å². The molecule has 0 unspecified atom stereocenters. The number of halogens is 2. The van der Waals surface area contributed by atoms with Crippen molar-refractivity contribution in [2.75, 3.05) is 7.11 Å². The average molecular weight is 435 g/mol. The third kappa shape index (κ3) is 5.13. The average Bonchev–Trinajstić information content (AvgIpc) is 2.77. The van der Waals surface area contributed by atoms with Crippen LogP contribution in [0.25, 0.3) is 11.6 Å². The van der Waals surface area contributed by atoms with E-state index in [-0.39, 0.29) is 6.61 Å². The molecule has 3 rings (SSSR count). The van der Waals surface area contributed by atoms with Crippen LogP contribution < -0.4 is 9.47 Å². The molecule has 0 N–H and O–H groups in total. The summed E-state index contributed by atoms with van der Waals surface area (Å²) in [7, 11) is 1.55. The van der Waals surface area contributed by atoms with Gasteiger partial charge in [0.2, 0.25) is 0 Å². The lowest BCUT2D eigenvalue weighted by atomic mass is 10.0. The van der Waals surface area contributed by atoms with E-state index in [1.807, 2.05) is 12.1 Å². The Bertz CT molecular complexity index is 1190. The zero-order chi connectivity index (χ0) is 21.5. The SMILES string of the molecule is COc1cc(C=C(C#N)c2cccc(C#N)c2)ccc1OCc1ccc(Cl)cc1Cl. The molecule has 0 saturated carbocycles. The molecule has 0 aliphatic carbocycles. The summed E-state index contributed by atoms with van der Waals surface area (Å²) in [6, 6.07) is 21.8. The summed E-state index contributed by atoms with van der Waals surface area (Å²) < 4.78 is 11.3. The molecule has 148 valence electrons. The number of ether oxygens (including phenoxy) is 2. The maximum Gasteiger partial charge on any atom is 0.161 e. The Balaban J connectivity index is 1.84. The van der Waals surface area contributed by atoms with Gasteiger partial charge < -0.3 is 9.47 Å². The first-order valence-electron chi connectivity index (χ1n) is 8.91. The van der Waals surface area contributed by atoms with Gasteiger partial charge in [-0.3, -0.25) is 0 Å². The Morgan fingerprint density at radius 3 is 2.53 bits per heavy atom. The fraction of sp³-hybridized carbons (Fsp3) is 0.0833. The Morgan fingerprint density at radius 1 is 1.00 bits per heavy atom. The number of nitriles is 2. The summed E-state index contributed by atoms with van der Waals surface area (Å²) in [5.41, 5.74) is 3.18. The lowest BCUT2D eigenvalue weighted by molar-refractivity contribution is 0.284. The molecular weight excluding hydrogens is 419 g/mol. The van der Waals surface area contributed by atoms with Crippen molar-refractivity contribution in [2.45, 2.75) is 6.61 Å². The van der Waals surface area contributed by atoms with Crippen LogP contribution >= 0.6 is 23.2 Å². The summed E-state index contributed by atoms with van der Waals surface area (Å²) >= 11 is 12.1. The van der Waals surface area contributed by atoms with Crippen molar-refractivity contribution in [1.82, 2.24) is 0 Å². The van der Waals surface area contributed by atoms with Crippen LogP contribution in [0.4, 0.5) is 0 Å². The molecule has 0 aromatic heterocycles. The van der Waals surface area contributed by atoms with Gasteiger partial charge in [-0.2, -0.15) is 10.5 Å². The second-order valence-electron chi connectivity index (χ2n) is 6.30. The number of hydrogen-bond donors (Lipinski definition) is 0. The predicted molar refractivity (Wildman–Crippen MR) is 118 cm³/mol. The van der Waals surface area contributed by atoms with Crippen LogP contribution in [0.1, 0.15) is 22.3 Å². The smallest absolute Gasteiger partial charge is 0.161 e. The largest absolute Gasteiger partial charge is 0.493 e. The fourth-order valence-corrected chi connectivity index (χ4v) is 3.25. The van der Waals surface area contributed by atoms with Crippen molar-refractivity contribution in [3.05, 3.63) is 93.0 Å². The second kappa shape index (κ2) is 9.85. The minimum Gasteiger partial charge on any atom is -0.493 e. The number of methoxy groups -OCH3 is 1. The van der Waals surface area contributed by atoms with E-state index >= 15 is 0 Å². The van der Waals surface area contributed by atoms with Crippen LogP contribution in [0.2, 0.25) is 10.0 Å². The number of hydrogen-bond acceptors (Lipinski definition) is 4. The summed E-state index contributed by atoms with van der Waals surface area (Å²) in [5.74, 6) is 1.07. The Kier molecular flexibility index (Phi) is 6.99. The summed E-state index contributed by atoms with van der Waals surface area (Å²) in [6.45, 7) is 0.256. The van der Waals surface area contributed by atoms with Gasteiger partial charge in [0.05, 0.1) is 30.4 Å². The summed E-state index contributed by atoms with van der Waals surface area (Å²) in [4.78, 5) is 0. The van der Waals surface area contributed by atoms with Crippen LogP contribution in [0.5, 0.6) is 11.5 Å². The van der Waals surface area contributed by atoms with E-state index in [1.165, 1.54) is 0 Å². The number of nitrogens with zero attached hydrogens (tertiary/aromatic N) is 2. The Labute approximate surface area is 185 Å². The van der Waals surface area contributed by atoms with E-state index < -0.39 is 0 Å². The second-order valence-corrected chi connectivity index (χ2v) is 7.14. The lowest BCUT2D eigenvalue weighted by Crippen LogP contribution is -1.98. The molecule has 0 bridgehead atoms. The highest BCUT2D eigenvalue weighted by molar-refractivity contribution is 6.35. The van der Waals surface area contributed by atoms with Crippen molar-refractivity contribution >= 4 is 34.9 Å². The standard InChI is InChI=1S/C24H16Cl2N2O2/c1-29-24-11-16(9-20(14-28)18-4-2-3-17(10-18)13-27)5-8-23(24)30-15-19-6-7-21(25)12-22(19)26/h2-12H,15H2,1H3. The van der Waals surface area contributed by atoms with Crippen molar-refractivity contribution in [2.24, 2.45) is 0 Å². The Morgan fingerprint density at radius 2 is 1.83 bits per heavy atom. The van der Waals surface area contributed by atoms with E-state index in [4.69, 9.17) is 37.9 Å². The Hall–Kier alpha value is -3.44. The topological polar surface area (TPSA) is 66.0 Å². The molecule has 0 aliphatic heterocycles. The monoisotopic (exact) mass is 434 g/mol. The molecule has 6 heteroatoms. The quantitative estimate of drug-likeness (QED) is 0.327. The van der Waals surface area contributed by atoms with E-state index in [0.29, 0.717) is 38.2 Å². The molecule has 0 radical (unpaired) electrons. The van der Waals surface area contributed by atoms with Crippen molar-refractivity contribution in [3.8, 4) is 23.6 Å². The van der Waals surface area contributed by atoms with Crippen molar-refractivity contribution in [1.29, 1.82) is 10.5 Å². The van der Waals surface area contributed by atoms with Crippen LogP contribution in [0.15, 0.2) is 60.7 Å². The maximum absolute atomic E-state index is 9.56. The first-order chi connectivity index (χ1) is 14.5. The third-order valence-corrected chi connectivity index (χ3v) is 4.91. The molecule has 0 fully saturated rings. The highest BCUT2D eigenvalue weighted by atomic mass is 35.5. The fourth-order valence-electron chi connectivity index (χ4n) is 2.79. The highest BCUT2D eigenvalue weighted by Gasteiger charge is 2.09. The maximum atomic E-state index is 9.56. The van der Waals surface area contributed by atoms with Gasteiger partial charge in [-0.25, -0.2) is 0 Å². The zero-order valence-corrected chi connectivity index (χ0v) is 17.5. The van der Waals surface area contributed by atoms with Crippen LogP contribution in [0, 0.1) is 22.7 Å². The number of rotatable bonds is 6. The minimum atomic E-state index is 0.256. The van der Waals surface area contributed by atoms with Gasteiger partial charge in [0, 0.05) is 15.6 Å². The van der Waals surface area contributed by atoms with Gasteiger partial charge in [0.25, 0.3) is 0 Å². The van der Waals surface area contributed by atoms with Crippen LogP contribution in [0.3, 0.4) is 0 Å². The molecule has 0 atom stereocenters. The summed E-state index contributed by atoms with van der Waals surface area (Å²) in [6.07, 6.45) is 1.73. The number of allylic oxidation sites excluding steroid dienone is 1. The molecule has 0 heterocycles. The third-order valence-electron chi connectivity index (χ3n) is 4.32. The predicted octanol–water partition coefficient (Wildman–Crippen LogP) is 6.52. The van der Waals surface area contributed by atoms with E-state index in [2.05, 4.69) is 12.1 Å². The molecule has 3 aromatic rings. The molecule has 0 saturated heterocycles. The zero-order valence-electron chi connectivity index (χ0n) is 16.0. The molecule has 4 nitrogen and oxygen atoms in total. The van der Waals surface area contributed by atoms with Crippen LogP contribution in [-0.2, 0) is 6.61 Å². The van der Waals surface area contributed by atoms with E-state index in [1.54, 1.807) is 61.7 Å². The van der Waals surface area contributed by atoms with Gasteiger partial charge in [-0.15, -0.1) is 0 Å². The highest BCUT2D eigenvalue weighted by Crippen LogP contribution is 2.31. The van der Waals surface area contributed by atoms with Gasteiger partial charge in [-0.05, 0) is 53.6 Å². The summed E-state index contributed by atoms with van der Waals surface area (Å²) in [5, 5.41) is 19.7. The first kappa shape index (κ1) is 21.3. The van der Waals surface area contributed by atoms with Gasteiger partial charge in [0.1, 0.15) is 6.61 Å². The first-order valence-corrected chi connectivity index (χ1v) is 9.66. The molecule has 3 aromatic carbocycles. The normalized spacial score (nSPS) is 10.8. The minimum absolute atomic E-state index is 0.256. The molecule has 0 spiro atoms. The number of benzene rings is 3. The van der Waals surface area contributed by atoms with Gasteiger partial charge in [-0.1, -0.05) is 47.5 Å². The molecule has 0 aliphatic rings. The van der Waals surface area contributed by atoms with Crippen LogP contribution in [-0.4, -0.2) is 7.11 Å². The van der Waals surface area contributed by atoms with Gasteiger partial charge in [0.15, 0.2) is 11.5 Å². The molecular formula is C24H16Cl2N2O2. The van der Waals surface area contributed by atoms with Crippen molar-refractivity contribution < 1.29 is 9.47 Å². The van der Waals surface area contributed by atoms with Gasteiger partial charge >= 0.3 is 0 Å². The lowest BCUT2D eigenvalue weighted by Gasteiger charge is -2.12. The van der Waals surface area contributed by atoms with Crippen molar-refractivity contribution in [3.63, 3.8) is 0 Å².